The van der Waals surface area contributed by atoms with Gasteiger partial charge in [-0.05, 0) is 31.0 Å². The second-order valence-corrected chi connectivity index (χ2v) is 7.75. The molecular formula is C20H23N5O3S. The standard InChI is InChI=1S/C20H23N5O3S/c1-13(2)11-21-19(27)22-17(26)12-29-20-24-23-18(16-9-10-28-14(16)3)25(20)15-7-5-4-6-8-15/h4-10,13H,11-12H2,1-3H3,(H2,21,22,26,27). The first-order valence-corrected chi connectivity index (χ1v) is 10.2. The molecule has 0 aliphatic carbocycles. The highest BCUT2D eigenvalue weighted by Gasteiger charge is 2.20. The van der Waals surface area contributed by atoms with Gasteiger partial charge in [0.25, 0.3) is 0 Å². The molecule has 0 aliphatic rings. The molecule has 0 bridgehead atoms. The summed E-state index contributed by atoms with van der Waals surface area (Å²) in [5, 5.41) is 14.1. The monoisotopic (exact) mass is 413 g/mol. The number of nitrogens with one attached hydrogen (secondary N) is 2. The Hall–Kier alpha value is -3.07. The number of thioether (sulfide) groups is 1. The third-order valence-electron chi connectivity index (χ3n) is 4.00. The Morgan fingerprint density at radius 2 is 1.93 bits per heavy atom. The van der Waals surface area contributed by atoms with Crippen LogP contribution in [0, 0.1) is 12.8 Å². The zero-order valence-corrected chi connectivity index (χ0v) is 17.3. The summed E-state index contributed by atoms with van der Waals surface area (Å²) in [4.78, 5) is 23.9. The third kappa shape index (κ3) is 5.26. The van der Waals surface area contributed by atoms with Gasteiger partial charge in [0.1, 0.15) is 5.76 Å². The average molecular weight is 414 g/mol. The Balaban J connectivity index is 1.76. The number of urea groups is 1. The minimum Gasteiger partial charge on any atom is -0.469 e. The number of rotatable bonds is 7. The van der Waals surface area contributed by atoms with Crippen molar-refractivity contribution >= 4 is 23.7 Å². The molecule has 2 N–H and O–H groups in total. The third-order valence-corrected chi connectivity index (χ3v) is 4.93. The predicted molar refractivity (Wildman–Crippen MR) is 111 cm³/mol. The first-order chi connectivity index (χ1) is 14.0. The van der Waals surface area contributed by atoms with Gasteiger partial charge in [0.05, 0.1) is 17.6 Å². The van der Waals surface area contributed by atoms with Gasteiger partial charge in [0.2, 0.25) is 5.91 Å². The Bertz CT molecular complexity index is 981. The molecule has 3 rings (SSSR count). The van der Waals surface area contributed by atoms with Crippen molar-refractivity contribution in [3.8, 4) is 17.1 Å². The fourth-order valence-electron chi connectivity index (χ4n) is 2.60. The van der Waals surface area contributed by atoms with E-state index in [4.69, 9.17) is 4.42 Å². The van der Waals surface area contributed by atoms with Crippen LogP contribution in [0.3, 0.4) is 0 Å². The number of imide groups is 1. The molecule has 2 aromatic heterocycles. The van der Waals surface area contributed by atoms with Crippen LogP contribution in [0.4, 0.5) is 4.79 Å². The number of hydrogen-bond acceptors (Lipinski definition) is 6. The molecule has 3 amide bonds. The molecule has 0 spiro atoms. The van der Waals surface area contributed by atoms with Crippen molar-refractivity contribution in [1.82, 2.24) is 25.4 Å². The van der Waals surface area contributed by atoms with Gasteiger partial charge in [0, 0.05) is 12.2 Å². The normalized spacial score (nSPS) is 10.9. The average Bonchev–Trinajstić information content (AvgIpc) is 3.31. The fourth-order valence-corrected chi connectivity index (χ4v) is 3.35. The first-order valence-electron chi connectivity index (χ1n) is 9.21. The van der Waals surface area contributed by atoms with Crippen LogP contribution in [0.15, 0.2) is 52.2 Å². The molecule has 152 valence electrons. The lowest BCUT2D eigenvalue weighted by atomic mass is 10.2. The number of benzene rings is 1. The molecule has 3 aromatic rings. The summed E-state index contributed by atoms with van der Waals surface area (Å²) in [5.41, 5.74) is 1.69. The zero-order chi connectivity index (χ0) is 20.8. The summed E-state index contributed by atoms with van der Waals surface area (Å²) < 4.78 is 7.27. The predicted octanol–water partition coefficient (Wildman–Crippen LogP) is 3.41. The van der Waals surface area contributed by atoms with Gasteiger partial charge in [-0.15, -0.1) is 10.2 Å². The van der Waals surface area contributed by atoms with Crippen LogP contribution in [-0.4, -0.2) is 39.0 Å². The minimum atomic E-state index is -0.497. The second-order valence-electron chi connectivity index (χ2n) is 6.81. The largest absolute Gasteiger partial charge is 0.469 e. The molecule has 0 aliphatic heterocycles. The van der Waals surface area contributed by atoms with E-state index in [0.29, 0.717) is 23.4 Å². The second kappa shape index (κ2) is 9.42. The van der Waals surface area contributed by atoms with E-state index in [1.54, 1.807) is 6.26 Å². The zero-order valence-electron chi connectivity index (χ0n) is 16.5. The van der Waals surface area contributed by atoms with Crippen LogP contribution in [0.1, 0.15) is 19.6 Å². The quantitative estimate of drug-likeness (QED) is 0.576. The number of hydrogen-bond donors (Lipinski definition) is 2. The van der Waals surface area contributed by atoms with Crippen molar-refractivity contribution in [2.45, 2.75) is 25.9 Å². The van der Waals surface area contributed by atoms with Crippen LogP contribution in [0.5, 0.6) is 0 Å². The Labute approximate surface area is 173 Å². The SMILES string of the molecule is Cc1occc1-c1nnc(SCC(=O)NC(=O)NCC(C)C)n1-c1ccccc1. The summed E-state index contributed by atoms with van der Waals surface area (Å²) >= 11 is 1.21. The van der Waals surface area contributed by atoms with Gasteiger partial charge < -0.3 is 9.73 Å². The van der Waals surface area contributed by atoms with Crippen LogP contribution >= 0.6 is 11.8 Å². The van der Waals surface area contributed by atoms with E-state index >= 15 is 0 Å². The molecule has 29 heavy (non-hydrogen) atoms. The maximum atomic E-state index is 12.1. The number of carbonyl (C=O) groups is 2. The van der Waals surface area contributed by atoms with E-state index in [2.05, 4.69) is 20.8 Å². The van der Waals surface area contributed by atoms with E-state index in [9.17, 15) is 9.59 Å². The molecular weight excluding hydrogens is 390 g/mol. The summed E-state index contributed by atoms with van der Waals surface area (Å²) in [6.45, 7) is 6.32. The molecule has 0 radical (unpaired) electrons. The summed E-state index contributed by atoms with van der Waals surface area (Å²) in [6.07, 6.45) is 1.60. The lowest BCUT2D eigenvalue weighted by molar-refractivity contribution is -0.117. The van der Waals surface area contributed by atoms with E-state index in [1.165, 1.54) is 11.8 Å². The van der Waals surface area contributed by atoms with Gasteiger partial charge in [-0.25, -0.2) is 4.79 Å². The number of furan rings is 1. The van der Waals surface area contributed by atoms with Crippen molar-refractivity contribution in [1.29, 1.82) is 0 Å². The van der Waals surface area contributed by atoms with Crippen LogP contribution < -0.4 is 10.6 Å². The summed E-state index contributed by atoms with van der Waals surface area (Å²) in [6, 6.07) is 11.0. The maximum absolute atomic E-state index is 12.1. The van der Waals surface area contributed by atoms with Crippen molar-refractivity contribution in [3.05, 3.63) is 48.4 Å². The van der Waals surface area contributed by atoms with Crippen molar-refractivity contribution in [2.24, 2.45) is 5.92 Å². The number of carbonyl (C=O) groups excluding carboxylic acids is 2. The summed E-state index contributed by atoms with van der Waals surface area (Å²) in [5.74, 6) is 1.29. The number of amides is 3. The number of aromatic nitrogens is 3. The van der Waals surface area contributed by atoms with E-state index in [-0.39, 0.29) is 5.75 Å². The highest BCUT2D eigenvalue weighted by atomic mass is 32.2. The molecule has 0 saturated carbocycles. The highest BCUT2D eigenvalue weighted by Crippen LogP contribution is 2.30. The van der Waals surface area contributed by atoms with Crippen LogP contribution in [-0.2, 0) is 4.79 Å². The van der Waals surface area contributed by atoms with Gasteiger partial charge in [-0.1, -0.05) is 43.8 Å². The Morgan fingerprint density at radius 1 is 1.17 bits per heavy atom. The molecule has 0 fully saturated rings. The topological polar surface area (TPSA) is 102 Å². The molecule has 2 heterocycles. The molecule has 9 heteroatoms. The first kappa shape index (κ1) is 20.7. The van der Waals surface area contributed by atoms with E-state index < -0.39 is 11.9 Å². The summed E-state index contributed by atoms with van der Waals surface area (Å²) in [7, 11) is 0. The minimum absolute atomic E-state index is 0.0322. The fraction of sp³-hybridized carbons (Fsp3) is 0.300. The lowest BCUT2D eigenvalue weighted by Gasteiger charge is -2.10. The number of aryl methyl sites for hydroxylation is 1. The van der Waals surface area contributed by atoms with Crippen molar-refractivity contribution in [2.75, 3.05) is 12.3 Å². The smallest absolute Gasteiger partial charge is 0.321 e. The Morgan fingerprint density at radius 3 is 2.59 bits per heavy atom. The highest BCUT2D eigenvalue weighted by molar-refractivity contribution is 7.99. The number of nitrogens with zero attached hydrogens (tertiary/aromatic N) is 3. The lowest BCUT2D eigenvalue weighted by Crippen LogP contribution is -2.41. The molecule has 8 nitrogen and oxygen atoms in total. The Kier molecular flexibility index (Phi) is 6.71. The van der Waals surface area contributed by atoms with Gasteiger partial charge in [-0.3, -0.25) is 14.7 Å². The van der Waals surface area contributed by atoms with Crippen LogP contribution in [0.2, 0.25) is 0 Å². The van der Waals surface area contributed by atoms with Gasteiger partial charge in [0.15, 0.2) is 11.0 Å². The van der Waals surface area contributed by atoms with E-state index in [1.807, 2.05) is 61.7 Å². The molecule has 0 atom stereocenters. The number of para-hydroxylation sites is 1. The molecule has 1 aromatic carbocycles. The maximum Gasteiger partial charge on any atom is 0.321 e. The van der Waals surface area contributed by atoms with Gasteiger partial charge in [-0.2, -0.15) is 0 Å². The molecule has 0 saturated heterocycles. The van der Waals surface area contributed by atoms with Gasteiger partial charge >= 0.3 is 6.03 Å². The van der Waals surface area contributed by atoms with Crippen LogP contribution in [0.25, 0.3) is 17.1 Å². The molecule has 0 unspecified atom stereocenters. The van der Waals surface area contributed by atoms with E-state index in [0.717, 1.165) is 17.0 Å². The van der Waals surface area contributed by atoms with Crippen molar-refractivity contribution in [3.63, 3.8) is 0 Å². The van der Waals surface area contributed by atoms with Crippen molar-refractivity contribution < 1.29 is 14.0 Å².